The van der Waals surface area contributed by atoms with Crippen LogP contribution in [0.15, 0.2) is 83.0 Å². The predicted molar refractivity (Wildman–Crippen MR) is 87.2 cm³/mol. The maximum absolute atomic E-state index is 11.9. The third kappa shape index (κ3) is 3.20. The van der Waals surface area contributed by atoms with E-state index in [-0.39, 0.29) is 0 Å². The maximum atomic E-state index is 11.9. The molecule has 0 aliphatic carbocycles. The van der Waals surface area contributed by atoms with Gasteiger partial charge in [0.25, 0.3) is 0 Å². The maximum Gasteiger partial charge on any atom is 0.363 e. The summed E-state index contributed by atoms with van der Waals surface area (Å²) in [6, 6.07) is 19.3. The van der Waals surface area contributed by atoms with E-state index in [9.17, 15) is 4.79 Å². The van der Waals surface area contributed by atoms with Crippen molar-refractivity contribution in [1.82, 2.24) is 0 Å². The van der Waals surface area contributed by atoms with Crippen molar-refractivity contribution in [2.75, 3.05) is 0 Å². The third-order valence-electron chi connectivity index (χ3n) is 3.20. The zero-order chi connectivity index (χ0) is 15.4. The average molecular weight is 289 g/mol. The van der Waals surface area contributed by atoms with E-state index in [0.29, 0.717) is 11.6 Å². The van der Waals surface area contributed by atoms with Crippen LogP contribution in [0.3, 0.4) is 0 Å². The summed E-state index contributed by atoms with van der Waals surface area (Å²) in [5, 5.41) is 0. The Bertz CT molecular complexity index is 772. The number of hydrogen-bond acceptors (Lipinski definition) is 3. The van der Waals surface area contributed by atoms with Crippen LogP contribution in [0.1, 0.15) is 18.1 Å². The standard InChI is InChI=1S/C19H15NO2/c1-14(12-15-8-4-2-5-9-15)13-17-19(21)22-18(20-17)16-10-6-3-7-11-16/h2-13H,1H3/b14-12-,17-13+. The number of cyclic esters (lactones) is 1. The molecule has 108 valence electrons. The minimum atomic E-state index is -0.417. The molecule has 0 saturated heterocycles. The van der Waals surface area contributed by atoms with Crippen LogP contribution in [0, 0.1) is 0 Å². The summed E-state index contributed by atoms with van der Waals surface area (Å²) in [5.41, 5.74) is 3.14. The van der Waals surface area contributed by atoms with Crippen molar-refractivity contribution in [3.63, 3.8) is 0 Å². The Labute approximate surface area is 129 Å². The van der Waals surface area contributed by atoms with E-state index in [2.05, 4.69) is 4.99 Å². The monoisotopic (exact) mass is 289 g/mol. The van der Waals surface area contributed by atoms with E-state index < -0.39 is 5.97 Å². The zero-order valence-electron chi connectivity index (χ0n) is 12.2. The molecular formula is C19H15NO2. The molecular weight excluding hydrogens is 274 g/mol. The summed E-state index contributed by atoms with van der Waals surface area (Å²) >= 11 is 0. The van der Waals surface area contributed by atoms with Crippen molar-refractivity contribution < 1.29 is 9.53 Å². The molecule has 2 aromatic rings. The normalized spacial score (nSPS) is 16.6. The van der Waals surface area contributed by atoms with Gasteiger partial charge in [0.05, 0.1) is 0 Å². The molecule has 3 rings (SSSR count). The Morgan fingerprint density at radius 2 is 1.64 bits per heavy atom. The first kappa shape index (κ1) is 14.0. The molecule has 1 aliphatic heterocycles. The van der Waals surface area contributed by atoms with Gasteiger partial charge >= 0.3 is 5.97 Å². The van der Waals surface area contributed by atoms with Crippen molar-refractivity contribution in [2.45, 2.75) is 6.92 Å². The largest absolute Gasteiger partial charge is 0.402 e. The molecule has 22 heavy (non-hydrogen) atoms. The Morgan fingerprint density at radius 3 is 2.32 bits per heavy atom. The molecule has 1 heterocycles. The minimum Gasteiger partial charge on any atom is -0.402 e. The first-order valence-corrected chi connectivity index (χ1v) is 7.04. The topological polar surface area (TPSA) is 38.7 Å². The lowest BCUT2D eigenvalue weighted by Crippen LogP contribution is -2.05. The highest BCUT2D eigenvalue weighted by molar-refractivity contribution is 6.11. The van der Waals surface area contributed by atoms with Gasteiger partial charge in [-0.2, -0.15) is 0 Å². The number of allylic oxidation sites excluding steroid dienone is 2. The molecule has 0 saturated carbocycles. The summed E-state index contributed by atoms with van der Waals surface area (Å²) in [5.74, 6) is -0.0657. The first-order valence-electron chi connectivity index (χ1n) is 7.04. The highest BCUT2D eigenvalue weighted by Crippen LogP contribution is 2.18. The second-order valence-corrected chi connectivity index (χ2v) is 5.00. The number of benzene rings is 2. The number of ether oxygens (including phenoxy) is 1. The van der Waals surface area contributed by atoms with Crippen LogP contribution in [-0.2, 0) is 9.53 Å². The first-order chi connectivity index (χ1) is 10.7. The Morgan fingerprint density at radius 1 is 1.00 bits per heavy atom. The molecule has 0 fully saturated rings. The molecule has 3 nitrogen and oxygen atoms in total. The predicted octanol–water partition coefficient (Wildman–Crippen LogP) is 3.98. The highest BCUT2D eigenvalue weighted by Gasteiger charge is 2.23. The van der Waals surface area contributed by atoms with Crippen LogP contribution in [0.5, 0.6) is 0 Å². The van der Waals surface area contributed by atoms with Crippen LogP contribution >= 0.6 is 0 Å². The van der Waals surface area contributed by atoms with Crippen LogP contribution in [0.2, 0.25) is 0 Å². The Hall–Kier alpha value is -2.94. The third-order valence-corrected chi connectivity index (χ3v) is 3.20. The number of esters is 1. The van der Waals surface area contributed by atoms with Gasteiger partial charge in [-0.1, -0.05) is 54.6 Å². The SMILES string of the molecule is CC(=C/c1ccccc1)/C=C1/N=C(c2ccccc2)OC1=O. The van der Waals surface area contributed by atoms with Gasteiger partial charge < -0.3 is 4.74 Å². The lowest BCUT2D eigenvalue weighted by molar-refractivity contribution is -0.130. The van der Waals surface area contributed by atoms with Gasteiger partial charge in [-0.3, -0.25) is 0 Å². The summed E-state index contributed by atoms with van der Waals surface area (Å²) in [6.45, 7) is 1.93. The van der Waals surface area contributed by atoms with E-state index in [4.69, 9.17) is 4.74 Å². The van der Waals surface area contributed by atoms with Gasteiger partial charge in [0.1, 0.15) is 0 Å². The van der Waals surface area contributed by atoms with E-state index in [1.165, 1.54) is 0 Å². The lowest BCUT2D eigenvalue weighted by atomic mass is 10.1. The molecule has 0 aromatic heterocycles. The summed E-state index contributed by atoms with van der Waals surface area (Å²) < 4.78 is 5.23. The number of carbonyl (C=O) groups excluding carboxylic acids is 1. The van der Waals surface area contributed by atoms with Gasteiger partial charge in [0, 0.05) is 5.56 Å². The molecule has 2 aromatic carbocycles. The van der Waals surface area contributed by atoms with E-state index in [0.717, 1.165) is 16.7 Å². The van der Waals surface area contributed by atoms with E-state index >= 15 is 0 Å². The fourth-order valence-electron chi connectivity index (χ4n) is 2.18. The number of aliphatic imine (C=N–C) groups is 1. The van der Waals surface area contributed by atoms with Crippen LogP contribution < -0.4 is 0 Å². The molecule has 0 unspecified atom stereocenters. The van der Waals surface area contributed by atoms with Crippen molar-refractivity contribution >= 4 is 17.9 Å². The van der Waals surface area contributed by atoms with Crippen LogP contribution in [-0.4, -0.2) is 11.9 Å². The minimum absolute atomic E-state index is 0.323. The molecule has 0 atom stereocenters. The van der Waals surface area contributed by atoms with Gasteiger partial charge in [0.15, 0.2) is 5.70 Å². The van der Waals surface area contributed by atoms with Crippen LogP contribution in [0.4, 0.5) is 0 Å². The summed E-state index contributed by atoms with van der Waals surface area (Å²) in [7, 11) is 0. The average Bonchev–Trinajstić information content (AvgIpc) is 2.90. The Kier molecular flexibility index (Phi) is 3.97. The fraction of sp³-hybridized carbons (Fsp3) is 0.0526. The van der Waals surface area contributed by atoms with Gasteiger partial charge in [-0.15, -0.1) is 0 Å². The second kappa shape index (κ2) is 6.22. The number of carbonyl (C=O) groups is 1. The fourth-order valence-corrected chi connectivity index (χ4v) is 2.18. The smallest absolute Gasteiger partial charge is 0.363 e. The van der Waals surface area contributed by atoms with Crippen molar-refractivity contribution in [2.24, 2.45) is 4.99 Å². The number of nitrogens with zero attached hydrogens (tertiary/aromatic N) is 1. The summed E-state index contributed by atoms with van der Waals surface area (Å²) in [4.78, 5) is 16.2. The molecule has 0 N–H and O–H groups in total. The molecule has 1 aliphatic rings. The molecule has 0 radical (unpaired) electrons. The number of rotatable bonds is 3. The van der Waals surface area contributed by atoms with Crippen molar-refractivity contribution in [3.8, 4) is 0 Å². The quantitative estimate of drug-likeness (QED) is 0.633. The van der Waals surface area contributed by atoms with Gasteiger partial charge in [-0.25, -0.2) is 9.79 Å². The molecule has 0 amide bonds. The highest BCUT2D eigenvalue weighted by atomic mass is 16.6. The van der Waals surface area contributed by atoms with E-state index in [1.807, 2.05) is 73.7 Å². The lowest BCUT2D eigenvalue weighted by Gasteiger charge is -1.97. The second-order valence-electron chi connectivity index (χ2n) is 5.00. The number of hydrogen-bond donors (Lipinski definition) is 0. The van der Waals surface area contributed by atoms with Crippen molar-refractivity contribution in [1.29, 1.82) is 0 Å². The summed E-state index contributed by atoms with van der Waals surface area (Å²) in [6.07, 6.45) is 3.74. The van der Waals surface area contributed by atoms with Gasteiger partial charge in [-0.05, 0) is 36.3 Å². The van der Waals surface area contributed by atoms with E-state index in [1.54, 1.807) is 6.08 Å². The van der Waals surface area contributed by atoms with Crippen molar-refractivity contribution in [3.05, 3.63) is 89.1 Å². The van der Waals surface area contributed by atoms with Gasteiger partial charge in [0.2, 0.25) is 5.90 Å². The zero-order valence-corrected chi connectivity index (χ0v) is 12.2. The molecule has 0 bridgehead atoms. The molecule has 3 heteroatoms. The molecule has 0 spiro atoms. The Balaban J connectivity index is 1.86. The van der Waals surface area contributed by atoms with Crippen LogP contribution in [0.25, 0.3) is 6.08 Å².